The maximum atomic E-state index is 12.7. The Bertz CT molecular complexity index is 615. The maximum Gasteiger partial charge on any atom is 0.416 e. The van der Waals surface area contributed by atoms with Crippen molar-refractivity contribution in [3.8, 4) is 0 Å². The normalized spacial score (nSPS) is 20.4. The highest BCUT2D eigenvalue weighted by atomic mass is 19.4. The summed E-state index contributed by atoms with van der Waals surface area (Å²) in [7, 11) is 0. The van der Waals surface area contributed by atoms with E-state index in [-0.39, 0.29) is 13.2 Å². The average Bonchev–Trinajstić information content (AvgIpc) is 2.46. The van der Waals surface area contributed by atoms with Gasteiger partial charge in [-0.2, -0.15) is 13.2 Å². The first-order valence-corrected chi connectivity index (χ1v) is 6.33. The van der Waals surface area contributed by atoms with Gasteiger partial charge in [0.15, 0.2) is 6.10 Å². The highest BCUT2D eigenvalue weighted by Crippen LogP contribution is 2.28. The first-order valence-electron chi connectivity index (χ1n) is 6.33. The predicted molar refractivity (Wildman–Crippen MR) is 69.8 cm³/mol. The summed E-state index contributed by atoms with van der Waals surface area (Å²) < 4.78 is 42.9. The molecule has 1 aromatic heterocycles. The number of nitrogens with zero attached hydrogens (tertiary/aromatic N) is 2. The summed E-state index contributed by atoms with van der Waals surface area (Å²) in [6.45, 7) is 0.255. The molecule has 3 nitrogen and oxygen atoms in total. The number of hydrogen-bond donors (Lipinski definition) is 0. The van der Waals surface area contributed by atoms with E-state index in [0.717, 1.165) is 10.9 Å². The van der Waals surface area contributed by atoms with E-state index < -0.39 is 12.3 Å². The van der Waals surface area contributed by atoms with Gasteiger partial charge in [0.1, 0.15) is 5.82 Å². The standard InChI is InChI=1S/C14H13F3N2O/c15-14(16,17)12-9-19(7-8-20-12)13-6-5-10-3-1-2-4-11(10)18-13/h1-6,12H,7-9H2/t12-/m0/s1. The lowest BCUT2D eigenvalue weighted by Crippen LogP contribution is -2.49. The van der Waals surface area contributed by atoms with Crippen LogP contribution in [0.4, 0.5) is 19.0 Å². The minimum absolute atomic E-state index is 0.0542. The summed E-state index contributed by atoms with van der Waals surface area (Å²) in [6.07, 6.45) is -6.08. The maximum absolute atomic E-state index is 12.7. The van der Waals surface area contributed by atoms with Crippen molar-refractivity contribution in [3.05, 3.63) is 36.4 Å². The summed E-state index contributed by atoms with van der Waals surface area (Å²) >= 11 is 0. The first-order chi connectivity index (χ1) is 9.54. The van der Waals surface area contributed by atoms with Crippen LogP contribution in [0.25, 0.3) is 10.9 Å². The Labute approximate surface area is 114 Å². The lowest BCUT2D eigenvalue weighted by atomic mass is 10.2. The van der Waals surface area contributed by atoms with Crippen molar-refractivity contribution in [2.45, 2.75) is 12.3 Å². The summed E-state index contributed by atoms with van der Waals surface area (Å²) in [5.74, 6) is 0.557. The van der Waals surface area contributed by atoms with Gasteiger partial charge in [-0.05, 0) is 18.2 Å². The van der Waals surface area contributed by atoms with Crippen LogP contribution < -0.4 is 4.90 Å². The van der Waals surface area contributed by atoms with Crippen LogP contribution in [-0.4, -0.2) is 37.0 Å². The number of alkyl halides is 3. The van der Waals surface area contributed by atoms with Crippen LogP contribution in [0.15, 0.2) is 36.4 Å². The lowest BCUT2D eigenvalue weighted by molar-refractivity contribution is -0.221. The van der Waals surface area contributed by atoms with E-state index in [1.54, 1.807) is 11.0 Å². The van der Waals surface area contributed by atoms with Crippen molar-refractivity contribution in [2.75, 3.05) is 24.6 Å². The molecule has 1 aliphatic heterocycles. The van der Waals surface area contributed by atoms with Crippen LogP contribution in [0.1, 0.15) is 0 Å². The molecule has 106 valence electrons. The number of hydrogen-bond acceptors (Lipinski definition) is 3. The van der Waals surface area contributed by atoms with Crippen LogP contribution >= 0.6 is 0 Å². The van der Waals surface area contributed by atoms with Gasteiger partial charge in [-0.1, -0.05) is 18.2 Å². The van der Waals surface area contributed by atoms with Gasteiger partial charge in [-0.25, -0.2) is 4.98 Å². The van der Waals surface area contributed by atoms with Gasteiger partial charge in [-0.3, -0.25) is 0 Å². The summed E-state index contributed by atoms with van der Waals surface area (Å²) in [5.41, 5.74) is 0.778. The Morgan fingerprint density at radius 3 is 2.75 bits per heavy atom. The van der Waals surface area contributed by atoms with Gasteiger partial charge < -0.3 is 9.64 Å². The number of ether oxygens (including phenoxy) is 1. The number of halogens is 3. The smallest absolute Gasteiger partial charge is 0.365 e. The van der Waals surface area contributed by atoms with Crippen molar-refractivity contribution in [2.24, 2.45) is 0 Å². The fourth-order valence-corrected chi connectivity index (χ4v) is 2.29. The Hall–Kier alpha value is -1.82. The number of fused-ring (bicyclic) bond motifs is 1. The molecule has 1 fully saturated rings. The van der Waals surface area contributed by atoms with Crippen LogP contribution in [0.5, 0.6) is 0 Å². The SMILES string of the molecule is FC(F)(F)[C@@H]1CN(c2ccc3ccccc3n2)CCO1. The zero-order valence-corrected chi connectivity index (χ0v) is 10.6. The van der Waals surface area contributed by atoms with Crippen LogP contribution in [0, 0.1) is 0 Å². The quantitative estimate of drug-likeness (QED) is 0.804. The number of para-hydroxylation sites is 1. The highest BCUT2D eigenvalue weighted by Gasteiger charge is 2.43. The average molecular weight is 282 g/mol. The van der Waals surface area contributed by atoms with E-state index in [2.05, 4.69) is 4.98 Å². The van der Waals surface area contributed by atoms with E-state index in [0.29, 0.717) is 12.4 Å². The van der Waals surface area contributed by atoms with Gasteiger partial charge in [0, 0.05) is 11.9 Å². The first kappa shape index (κ1) is 13.2. The molecule has 6 heteroatoms. The molecule has 20 heavy (non-hydrogen) atoms. The van der Waals surface area contributed by atoms with Gasteiger partial charge >= 0.3 is 6.18 Å². The summed E-state index contributed by atoms with van der Waals surface area (Å²) in [5, 5.41) is 0.969. The van der Waals surface area contributed by atoms with Crippen LogP contribution in [0.2, 0.25) is 0 Å². The molecule has 0 spiro atoms. The van der Waals surface area contributed by atoms with Crippen molar-refractivity contribution >= 4 is 16.7 Å². The second-order valence-electron chi connectivity index (χ2n) is 4.71. The van der Waals surface area contributed by atoms with Crippen LogP contribution in [-0.2, 0) is 4.74 Å². The zero-order chi connectivity index (χ0) is 14.2. The molecule has 0 N–H and O–H groups in total. The third kappa shape index (κ3) is 2.56. The third-order valence-corrected chi connectivity index (χ3v) is 3.34. The predicted octanol–water partition coefficient (Wildman–Crippen LogP) is 3.00. The molecule has 1 atom stereocenters. The number of pyridine rings is 1. The minimum atomic E-state index is -4.34. The minimum Gasteiger partial charge on any atom is -0.365 e. The Kier molecular flexibility index (Phi) is 3.25. The molecule has 0 amide bonds. The Morgan fingerprint density at radius 1 is 1.15 bits per heavy atom. The third-order valence-electron chi connectivity index (χ3n) is 3.34. The van der Waals surface area contributed by atoms with E-state index in [4.69, 9.17) is 4.74 Å². The second-order valence-corrected chi connectivity index (χ2v) is 4.71. The topological polar surface area (TPSA) is 25.4 Å². The molecule has 0 saturated carbocycles. The van der Waals surface area contributed by atoms with E-state index >= 15 is 0 Å². The fraction of sp³-hybridized carbons (Fsp3) is 0.357. The number of morpholine rings is 1. The van der Waals surface area contributed by atoms with Crippen LogP contribution in [0.3, 0.4) is 0 Å². The molecule has 2 heterocycles. The van der Waals surface area contributed by atoms with Gasteiger partial charge in [-0.15, -0.1) is 0 Å². The zero-order valence-electron chi connectivity index (χ0n) is 10.6. The van der Waals surface area contributed by atoms with Gasteiger partial charge in [0.05, 0.1) is 18.7 Å². The number of benzene rings is 1. The number of aromatic nitrogens is 1. The molecular formula is C14H13F3N2O. The van der Waals surface area contributed by atoms with Crippen molar-refractivity contribution in [3.63, 3.8) is 0 Å². The molecule has 0 bridgehead atoms. The molecule has 2 aromatic rings. The largest absolute Gasteiger partial charge is 0.416 e. The van der Waals surface area contributed by atoms with E-state index in [1.807, 2.05) is 30.3 Å². The van der Waals surface area contributed by atoms with Gasteiger partial charge in [0.2, 0.25) is 0 Å². The molecule has 1 saturated heterocycles. The molecule has 3 rings (SSSR count). The second kappa shape index (κ2) is 4.94. The monoisotopic (exact) mass is 282 g/mol. The van der Waals surface area contributed by atoms with Crippen molar-refractivity contribution in [1.82, 2.24) is 4.98 Å². The molecule has 0 unspecified atom stereocenters. The molecule has 1 aromatic carbocycles. The highest BCUT2D eigenvalue weighted by molar-refractivity contribution is 5.80. The Balaban J connectivity index is 1.87. The molecular weight excluding hydrogens is 269 g/mol. The summed E-state index contributed by atoms with van der Waals surface area (Å²) in [6, 6.07) is 11.1. The van der Waals surface area contributed by atoms with E-state index in [1.165, 1.54) is 0 Å². The summed E-state index contributed by atoms with van der Waals surface area (Å²) in [4.78, 5) is 6.04. The molecule has 0 aliphatic carbocycles. The van der Waals surface area contributed by atoms with Crippen molar-refractivity contribution < 1.29 is 17.9 Å². The fourth-order valence-electron chi connectivity index (χ4n) is 2.29. The Morgan fingerprint density at radius 2 is 1.95 bits per heavy atom. The number of anilines is 1. The molecule has 1 aliphatic rings. The lowest BCUT2D eigenvalue weighted by Gasteiger charge is -2.34. The van der Waals surface area contributed by atoms with Gasteiger partial charge in [0.25, 0.3) is 0 Å². The van der Waals surface area contributed by atoms with E-state index in [9.17, 15) is 13.2 Å². The number of rotatable bonds is 1. The van der Waals surface area contributed by atoms with Crippen molar-refractivity contribution in [1.29, 1.82) is 0 Å². The molecule has 0 radical (unpaired) electrons.